The van der Waals surface area contributed by atoms with Gasteiger partial charge in [0.25, 0.3) is 0 Å². The van der Waals surface area contributed by atoms with Crippen LogP contribution in [0.15, 0.2) is 0 Å². The Bertz CT molecular complexity index is 126. The first-order chi connectivity index (χ1) is 7.06. The molecule has 0 aliphatic heterocycles. The van der Waals surface area contributed by atoms with Crippen LogP contribution in [0.1, 0.15) is 47.5 Å². The first kappa shape index (κ1) is 15.3. The lowest BCUT2D eigenvalue weighted by atomic mass is 10.2. The lowest BCUT2D eigenvalue weighted by Gasteiger charge is -2.19. The van der Waals surface area contributed by atoms with Gasteiger partial charge < -0.3 is 9.05 Å². The van der Waals surface area contributed by atoms with Gasteiger partial charge in [-0.3, -0.25) is 0 Å². The van der Waals surface area contributed by atoms with Gasteiger partial charge in [-0.15, -0.1) is 0 Å². The van der Waals surface area contributed by atoms with Crippen LogP contribution in [0.4, 0.5) is 0 Å². The van der Waals surface area contributed by atoms with E-state index >= 15 is 0 Å². The number of rotatable bonds is 9. The van der Waals surface area contributed by atoms with Gasteiger partial charge >= 0.3 is 0 Å². The van der Waals surface area contributed by atoms with E-state index in [9.17, 15) is 0 Å². The molecule has 0 spiro atoms. The smallest absolute Gasteiger partial charge is 0.170 e. The van der Waals surface area contributed by atoms with E-state index in [0.29, 0.717) is 11.8 Å². The normalized spacial score (nSPS) is 12.0. The highest BCUT2D eigenvalue weighted by Crippen LogP contribution is 2.40. The van der Waals surface area contributed by atoms with Crippen molar-refractivity contribution in [3.63, 3.8) is 0 Å². The summed E-state index contributed by atoms with van der Waals surface area (Å²) >= 11 is 0. The Morgan fingerprint density at radius 2 is 1.40 bits per heavy atom. The summed E-state index contributed by atoms with van der Waals surface area (Å²) in [7, 11) is -0.632. The Morgan fingerprint density at radius 1 is 0.933 bits per heavy atom. The third-order valence-electron chi connectivity index (χ3n) is 1.80. The molecule has 0 radical (unpaired) electrons. The molecule has 0 N–H and O–H groups in total. The molecule has 0 fully saturated rings. The fourth-order valence-corrected chi connectivity index (χ4v) is 2.75. The summed E-state index contributed by atoms with van der Waals surface area (Å²) in [5.41, 5.74) is 0. The zero-order valence-electron chi connectivity index (χ0n) is 11.0. The summed E-state index contributed by atoms with van der Waals surface area (Å²) in [6.07, 6.45) is 3.52. The molecule has 0 amide bonds. The average Bonchev–Trinajstić information content (AvgIpc) is 2.16. The van der Waals surface area contributed by atoms with E-state index in [0.717, 1.165) is 19.4 Å². The molecule has 0 aromatic rings. The highest BCUT2D eigenvalue weighted by Gasteiger charge is 2.11. The Labute approximate surface area is 96.7 Å². The average molecular weight is 234 g/mol. The molecular weight excluding hydrogens is 207 g/mol. The molecule has 0 atom stereocenters. The van der Waals surface area contributed by atoms with Crippen LogP contribution < -0.4 is 0 Å². The summed E-state index contributed by atoms with van der Waals surface area (Å²) in [5, 5.41) is 0. The Balaban J connectivity index is 3.73. The van der Waals surface area contributed by atoms with Crippen molar-refractivity contribution >= 4 is 8.38 Å². The molecular formula is C12H27O2P. The molecule has 0 aromatic heterocycles. The minimum absolute atomic E-state index is 0.597. The Hall–Kier alpha value is 0.350. The second-order valence-electron chi connectivity index (χ2n) is 4.79. The van der Waals surface area contributed by atoms with Crippen LogP contribution in [0.5, 0.6) is 0 Å². The van der Waals surface area contributed by atoms with Crippen LogP contribution >= 0.6 is 8.38 Å². The summed E-state index contributed by atoms with van der Waals surface area (Å²) in [6.45, 7) is 12.6. The van der Waals surface area contributed by atoms with Crippen LogP contribution in [-0.4, -0.2) is 19.4 Å². The van der Waals surface area contributed by atoms with E-state index in [1.807, 2.05) is 0 Å². The van der Waals surface area contributed by atoms with Gasteiger partial charge in [-0.1, -0.05) is 41.0 Å². The van der Waals surface area contributed by atoms with Crippen molar-refractivity contribution in [1.82, 2.24) is 0 Å². The van der Waals surface area contributed by atoms with E-state index in [1.165, 1.54) is 12.8 Å². The second-order valence-corrected chi connectivity index (χ2v) is 6.42. The van der Waals surface area contributed by atoms with E-state index in [1.54, 1.807) is 0 Å². The highest BCUT2D eigenvalue weighted by molar-refractivity contribution is 7.47. The van der Waals surface area contributed by atoms with Gasteiger partial charge in [-0.05, 0) is 18.3 Å². The van der Waals surface area contributed by atoms with Gasteiger partial charge in [0.1, 0.15) is 0 Å². The third-order valence-corrected chi connectivity index (χ3v) is 3.35. The van der Waals surface area contributed by atoms with Gasteiger partial charge in [0.05, 0.1) is 13.2 Å². The highest BCUT2D eigenvalue weighted by atomic mass is 31.2. The van der Waals surface area contributed by atoms with Crippen LogP contribution in [0, 0.1) is 11.8 Å². The van der Waals surface area contributed by atoms with Gasteiger partial charge in [-0.2, -0.15) is 0 Å². The van der Waals surface area contributed by atoms with Crippen molar-refractivity contribution < 1.29 is 9.05 Å². The molecule has 0 aromatic carbocycles. The number of hydrogen-bond donors (Lipinski definition) is 0. The van der Waals surface area contributed by atoms with E-state index < -0.39 is 8.38 Å². The topological polar surface area (TPSA) is 18.5 Å². The van der Waals surface area contributed by atoms with Crippen molar-refractivity contribution in [1.29, 1.82) is 0 Å². The molecule has 0 bridgehead atoms. The van der Waals surface area contributed by atoms with Crippen LogP contribution in [-0.2, 0) is 9.05 Å². The zero-order valence-corrected chi connectivity index (χ0v) is 11.8. The fraction of sp³-hybridized carbons (Fsp3) is 1.00. The van der Waals surface area contributed by atoms with Crippen LogP contribution in [0.2, 0.25) is 0 Å². The van der Waals surface area contributed by atoms with Crippen molar-refractivity contribution in [2.45, 2.75) is 47.5 Å². The molecule has 0 saturated heterocycles. The minimum atomic E-state index is -0.632. The summed E-state index contributed by atoms with van der Waals surface area (Å²) < 4.78 is 11.6. The lowest BCUT2D eigenvalue weighted by Crippen LogP contribution is -2.05. The predicted octanol–water partition coefficient (Wildman–Crippen LogP) is 4.44. The van der Waals surface area contributed by atoms with Crippen LogP contribution in [0.3, 0.4) is 0 Å². The molecule has 0 aliphatic rings. The second kappa shape index (κ2) is 9.57. The Kier molecular flexibility index (Phi) is 9.79. The SMILES string of the molecule is CCCCP(OCC(C)C)OCC(C)C. The largest absolute Gasteiger partial charge is 0.334 e. The zero-order chi connectivity index (χ0) is 11.7. The third kappa shape index (κ3) is 10.6. The lowest BCUT2D eigenvalue weighted by molar-refractivity contribution is 0.209. The monoisotopic (exact) mass is 234 g/mol. The van der Waals surface area contributed by atoms with Crippen molar-refractivity contribution in [2.24, 2.45) is 11.8 Å². The molecule has 3 heteroatoms. The molecule has 2 nitrogen and oxygen atoms in total. The van der Waals surface area contributed by atoms with E-state index in [-0.39, 0.29) is 0 Å². The van der Waals surface area contributed by atoms with Crippen molar-refractivity contribution in [3.05, 3.63) is 0 Å². The Morgan fingerprint density at radius 3 is 1.73 bits per heavy atom. The molecule has 92 valence electrons. The maximum Gasteiger partial charge on any atom is 0.170 e. The van der Waals surface area contributed by atoms with Crippen molar-refractivity contribution in [2.75, 3.05) is 19.4 Å². The van der Waals surface area contributed by atoms with Gasteiger partial charge in [-0.25, -0.2) is 0 Å². The number of unbranched alkanes of at least 4 members (excludes halogenated alkanes) is 1. The number of hydrogen-bond acceptors (Lipinski definition) is 2. The van der Waals surface area contributed by atoms with E-state index in [2.05, 4.69) is 34.6 Å². The first-order valence-corrected chi connectivity index (χ1v) is 7.45. The molecule has 0 saturated carbocycles. The minimum Gasteiger partial charge on any atom is -0.334 e. The molecule has 0 unspecified atom stereocenters. The predicted molar refractivity (Wildman–Crippen MR) is 68.3 cm³/mol. The van der Waals surface area contributed by atoms with E-state index in [4.69, 9.17) is 9.05 Å². The first-order valence-electron chi connectivity index (χ1n) is 6.09. The maximum absolute atomic E-state index is 5.80. The van der Waals surface area contributed by atoms with Gasteiger partial charge in [0, 0.05) is 6.16 Å². The molecule has 0 heterocycles. The van der Waals surface area contributed by atoms with Crippen molar-refractivity contribution in [3.8, 4) is 0 Å². The molecule has 15 heavy (non-hydrogen) atoms. The van der Waals surface area contributed by atoms with Gasteiger partial charge in [0.2, 0.25) is 0 Å². The summed E-state index contributed by atoms with van der Waals surface area (Å²) in [5.74, 6) is 1.19. The summed E-state index contributed by atoms with van der Waals surface area (Å²) in [4.78, 5) is 0. The maximum atomic E-state index is 5.80. The standard InChI is InChI=1S/C12H27O2P/c1-6-7-8-15(13-9-11(2)3)14-10-12(4)5/h11-12H,6-10H2,1-5H3. The fourth-order valence-electron chi connectivity index (χ4n) is 0.918. The van der Waals surface area contributed by atoms with Crippen LogP contribution in [0.25, 0.3) is 0 Å². The molecule has 0 rings (SSSR count). The summed E-state index contributed by atoms with van der Waals surface area (Å²) in [6, 6.07) is 0. The van der Waals surface area contributed by atoms with Gasteiger partial charge in [0.15, 0.2) is 8.38 Å². The molecule has 0 aliphatic carbocycles. The quantitative estimate of drug-likeness (QED) is 0.549.